The molecule has 1 aromatic carbocycles. The standard InChI is InChI=1S/C15H21NO2S/c1-16-8-9-19-10-14(16)15(17)11-2-4-12(5-3-11)18-13-6-7-13/h2-5,13-15,17H,6-10H2,1H3. The number of hydrogen-bond acceptors (Lipinski definition) is 4. The molecular weight excluding hydrogens is 258 g/mol. The fraction of sp³-hybridized carbons (Fsp3) is 0.600. The summed E-state index contributed by atoms with van der Waals surface area (Å²) in [6, 6.07) is 8.17. The summed E-state index contributed by atoms with van der Waals surface area (Å²) >= 11 is 1.92. The molecule has 104 valence electrons. The Balaban J connectivity index is 1.66. The number of benzene rings is 1. The SMILES string of the molecule is CN1CCSCC1C(O)c1ccc(OC2CC2)cc1. The van der Waals surface area contributed by atoms with Crippen LogP contribution in [0.2, 0.25) is 0 Å². The van der Waals surface area contributed by atoms with Gasteiger partial charge in [-0.25, -0.2) is 0 Å². The molecule has 1 saturated carbocycles. The fourth-order valence-corrected chi connectivity index (χ4v) is 3.64. The van der Waals surface area contributed by atoms with Crippen LogP contribution in [0.15, 0.2) is 24.3 Å². The largest absolute Gasteiger partial charge is 0.490 e. The van der Waals surface area contributed by atoms with Gasteiger partial charge in [0.05, 0.1) is 12.2 Å². The van der Waals surface area contributed by atoms with Crippen LogP contribution in [0.3, 0.4) is 0 Å². The van der Waals surface area contributed by atoms with Crippen molar-refractivity contribution in [2.45, 2.75) is 31.1 Å². The molecular formula is C15H21NO2S. The van der Waals surface area contributed by atoms with E-state index in [-0.39, 0.29) is 6.04 Å². The zero-order valence-corrected chi connectivity index (χ0v) is 12.1. The number of rotatable bonds is 4. The van der Waals surface area contributed by atoms with Crippen LogP contribution in [0, 0.1) is 0 Å². The van der Waals surface area contributed by atoms with Crippen LogP contribution in [0.1, 0.15) is 24.5 Å². The second-order valence-electron chi connectivity index (χ2n) is 5.45. The van der Waals surface area contributed by atoms with E-state index in [1.807, 2.05) is 36.0 Å². The molecule has 0 radical (unpaired) electrons. The zero-order valence-electron chi connectivity index (χ0n) is 11.3. The van der Waals surface area contributed by atoms with Crippen LogP contribution in [0.25, 0.3) is 0 Å². The maximum Gasteiger partial charge on any atom is 0.119 e. The molecule has 1 aromatic rings. The van der Waals surface area contributed by atoms with Gasteiger partial charge in [-0.3, -0.25) is 4.90 Å². The number of nitrogens with zero attached hydrogens (tertiary/aromatic N) is 1. The van der Waals surface area contributed by atoms with Gasteiger partial charge in [-0.2, -0.15) is 11.8 Å². The van der Waals surface area contributed by atoms with E-state index < -0.39 is 6.10 Å². The maximum absolute atomic E-state index is 10.5. The number of aliphatic hydroxyl groups excluding tert-OH is 1. The molecule has 1 aliphatic carbocycles. The van der Waals surface area contributed by atoms with E-state index in [1.54, 1.807) is 0 Å². The predicted molar refractivity (Wildman–Crippen MR) is 78.8 cm³/mol. The number of likely N-dealkylation sites (N-methyl/N-ethyl adjacent to an activating group) is 1. The first kappa shape index (κ1) is 13.3. The van der Waals surface area contributed by atoms with Gasteiger partial charge in [-0.1, -0.05) is 12.1 Å². The highest BCUT2D eigenvalue weighted by atomic mass is 32.2. The molecule has 2 aliphatic rings. The van der Waals surface area contributed by atoms with Crippen molar-refractivity contribution in [1.82, 2.24) is 4.90 Å². The monoisotopic (exact) mass is 279 g/mol. The lowest BCUT2D eigenvalue weighted by Gasteiger charge is -2.35. The first-order chi connectivity index (χ1) is 9.24. The molecule has 19 heavy (non-hydrogen) atoms. The minimum absolute atomic E-state index is 0.217. The van der Waals surface area contributed by atoms with Gasteiger partial charge in [0, 0.05) is 24.1 Å². The zero-order chi connectivity index (χ0) is 13.2. The lowest BCUT2D eigenvalue weighted by atomic mass is 10.0. The van der Waals surface area contributed by atoms with Gasteiger partial charge >= 0.3 is 0 Å². The number of aliphatic hydroxyl groups is 1. The van der Waals surface area contributed by atoms with Gasteiger partial charge < -0.3 is 9.84 Å². The molecule has 1 saturated heterocycles. The summed E-state index contributed by atoms with van der Waals surface area (Å²) in [5.74, 6) is 3.08. The highest BCUT2D eigenvalue weighted by molar-refractivity contribution is 7.99. The van der Waals surface area contributed by atoms with E-state index >= 15 is 0 Å². The molecule has 3 rings (SSSR count). The van der Waals surface area contributed by atoms with Crippen molar-refractivity contribution in [2.75, 3.05) is 25.1 Å². The summed E-state index contributed by atoms with van der Waals surface area (Å²) < 4.78 is 5.73. The Bertz CT molecular complexity index is 419. The van der Waals surface area contributed by atoms with E-state index in [9.17, 15) is 5.11 Å². The van der Waals surface area contributed by atoms with Crippen molar-refractivity contribution >= 4 is 11.8 Å². The average Bonchev–Trinajstić information content (AvgIpc) is 3.23. The van der Waals surface area contributed by atoms with Crippen molar-refractivity contribution in [1.29, 1.82) is 0 Å². The molecule has 0 aromatic heterocycles. The number of thioether (sulfide) groups is 1. The minimum atomic E-state index is -0.409. The second-order valence-corrected chi connectivity index (χ2v) is 6.60. The third kappa shape index (κ3) is 3.25. The van der Waals surface area contributed by atoms with Gasteiger partial charge in [0.25, 0.3) is 0 Å². The molecule has 0 bridgehead atoms. The van der Waals surface area contributed by atoms with Gasteiger partial charge in [0.1, 0.15) is 5.75 Å². The lowest BCUT2D eigenvalue weighted by Crippen LogP contribution is -2.43. The molecule has 1 heterocycles. The molecule has 0 spiro atoms. The van der Waals surface area contributed by atoms with Crippen LogP contribution in [-0.2, 0) is 0 Å². The Hall–Kier alpha value is -0.710. The van der Waals surface area contributed by atoms with Crippen LogP contribution < -0.4 is 4.74 Å². The van der Waals surface area contributed by atoms with Crippen LogP contribution in [0.4, 0.5) is 0 Å². The summed E-state index contributed by atoms with van der Waals surface area (Å²) in [5, 5.41) is 10.5. The van der Waals surface area contributed by atoms with Gasteiger partial charge in [-0.05, 0) is 37.6 Å². The average molecular weight is 279 g/mol. The molecule has 2 fully saturated rings. The number of hydrogen-bond donors (Lipinski definition) is 1. The highest BCUT2D eigenvalue weighted by Crippen LogP contribution is 2.30. The summed E-state index contributed by atoms with van der Waals surface area (Å²) in [5.41, 5.74) is 0.988. The molecule has 0 amide bonds. The summed E-state index contributed by atoms with van der Waals surface area (Å²) in [6.45, 7) is 1.05. The second kappa shape index (κ2) is 5.73. The van der Waals surface area contributed by atoms with Crippen molar-refractivity contribution in [3.8, 4) is 5.75 Å². The van der Waals surface area contributed by atoms with Gasteiger partial charge in [0.15, 0.2) is 0 Å². The van der Waals surface area contributed by atoms with Crippen molar-refractivity contribution in [3.63, 3.8) is 0 Å². The molecule has 1 aliphatic heterocycles. The van der Waals surface area contributed by atoms with Crippen LogP contribution >= 0.6 is 11.8 Å². The normalized spacial score (nSPS) is 26.1. The lowest BCUT2D eigenvalue weighted by molar-refractivity contribution is 0.0758. The van der Waals surface area contributed by atoms with Crippen LogP contribution in [-0.4, -0.2) is 47.3 Å². The van der Waals surface area contributed by atoms with Gasteiger partial charge in [0.2, 0.25) is 0 Å². The third-order valence-corrected chi connectivity index (χ3v) is 4.90. The summed E-state index contributed by atoms with van der Waals surface area (Å²) in [4.78, 5) is 2.26. The van der Waals surface area contributed by atoms with E-state index in [0.717, 1.165) is 29.4 Å². The Labute approximate surface area is 118 Å². The molecule has 2 atom stereocenters. The minimum Gasteiger partial charge on any atom is -0.490 e. The quantitative estimate of drug-likeness (QED) is 0.917. The molecule has 1 N–H and O–H groups in total. The van der Waals surface area contributed by atoms with Crippen molar-refractivity contribution in [2.24, 2.45) is 0 Å². The van der Waals surface area contributed by atoms with Crippen molar-refractivity contribution in [3.05, 3.63) is 29.8 Å². The smallest absolute Gasteiger partial charge is 0.119 e. The fourth-order valence-electron chi connectivity index (χ4n) is 2.38. The van der Waals surface area contributed by atoms with Gasteiger partial charge in [-0.15, -0.1) is 0 Å². The summed E-state index contributed by atoms with van der Waals surface area (Å²) in [6.07, 6.45) is 2.37. The predicted octanol–water partition coefficient (Wildman–Crippen LogP) is 2.31. The van der Waals surface area contributed by atoms with Crippen molar-refractivity contribution < 1.29 is 9.84 Å². The van der Waals surface area contributed by atoms with Crippen LogP contribution in [0.5, 0.6) is 5.75 Å². The Morgan fingerprint density at radius 1 is 1.32 bits per heavy atom. The first-order valence-electron chi connectivity index (χ1n) is 6.97. The summed E-state index contributed by atoms with van der Waals surface area (Å²) in [7, 11) is 2.10. The van der Waals surface area contributed by atoms with E-state index in [2.05, 4.69) is 11.9 Å². The van der Waals surface area contributed by atoms with E-state index in [4.69, 9.17) is 4.74 Å². The molecule has 3 nitrogen and oxygen atoms in total. The Morgan fingerprint density at radius 3 is 2.68 bits per heavy atom. The topological polar surface area (TPSA) is 32.7 Å². The maximum atomic E-state index is 10.5. The highest BCUT2D eigenvalue weighted by Gasteiger charge is 2.28. The number of ether oxygens (including phenoxy) is 1. The third-order valence-electron chi connectivity index (χ3n) is 3.86. The Kier molecular flexibility index (Phi) is 4.01. The first-order valence-corrected chi connectivity index (χ1v) is 8.12. The van der Waals surface area contributed by atoms with E-state index in [0.29, 0.717) is 6.10 Å². The molecule has 2 unspecified atom stereocenters. The Morgan fingerprint density at radius 2 is 2.05 bits per heavy atom. The molecule has 4 heteroatoms. The van der Waals surface area contributed by atoms with E-state index in [1.165, 1.54) is 12.8 Å².